The summed E-state index contributed by atoms with van der Waals surface area (Å²) in [6, 6.07) is 1.83. The molecule has 0 aromatic heterocycles. The van der Waals surface area contributed by atoms with E-state index in [1.807, 2.05) is 6.07 Å². The van der Waals surface area contributed by atoms with E-state index in [0.717, 1.165) is 0 Å². The first-order chi connectivity index (χ1) is 3.93. The number of aliphatic imine (C=N–C) groups is 1. The second-order valence-electron chi connectivity index (χ2n) is 1.34. The van der Waals surface area contributed by atoms with E-state index in [9.17, 15) is 0 Å². The van der Waals surface area contributed by atoms with Crippen molar-refractivity contribution >= 4 is 5.90 Å². The Labute approximate surface area is 47.6 Å². The van der Waals surface area contributed by atoms with Crippen LogP contribution in [-0.2, 0) is 4.74 Å². The van der Waals surface area contributed by atoms with Crippen molar-refractivity contribution < 1.29 is 4.74 Å². The fourth-order valence-corrected chi connectivity index (χ4v) is 0.494. The summed E-state index contributed by atoms with van der Waals surface area (Å²) in [5.74, 6) is 0.465. The van der Waals surface area contributed by atoms with Crippen molar-refractivity contribution in [2.24, 2.45) is 4.99 Å². The van der Waals surface area contributed by atoms with Crippen molar-refractivity contribution in [3.8, 4) is 6.07 Å². The van der Waals surface area contributed by atoms with Gasteiger partial charge >= 0.3 is 0 Å². The summed E-state index contributed by atoms with van der Waals surface area (Å²) < 4.78 is 4.87. The quantitative estimate of drug-likeness (QED) is 0.481. The highest BCUT2D eigenvalue weighted by Gasteiger charge is 2.04. The second-order valence-corrected chi connectivity index (χ2v) is 1.34. The summed E-state index contributed by atoms with van der Waals surface area (Å²) in [6.07, 6.45) is 1.30. The molecule has 0 atom stereocenters. The maximum absolute atomic E-state index is 8.06. The summed E-state index contributed by atoms with van der Waals surface area (Å²) >= 11 is 0. The standard InChI is InChI=1S/C5H5N2O/c6-2-1-5-7-3-4-8-5/h1H,3-4H2. The minimum atomic E-state index is 0.465. The van der Waals surface area contributed by atoms with Crippen LogP contribution in [0.5, 0.6) is 0 Å². The molecule has 41 valence electrons. The summed E-state index contributed by atoms with van der Waals surface area (Å²) in [4.78, 5) is 3.84. The van der Waals surface area contributed by atoms with Gasteiger partial charge in [-0.1, -0.05) is 0 Å². The molecule has 0 unspecified atom stereocenters. The van der Waals surface area contributed by atoms with Gasteiger partial charge in [0, 0.05) is 0 Å². The van der Waals surface area contributed by atoms with Gasteiger partial charge in [-0.15, -0.1) is 0 Å². The van der Waals surface area contributed by atoms with Gasteiger partial charge in [0.25, 0.3) is 0 Å². The van der Waals surface area contributed by atoms with E-state index in [2.05, 4.69) is 4.99 Å². The molecule has 3 nitrogen and oxygen atoms in total. The molecule has 0 saturated carbocycles. The zero-order valence-corrected chi connectivity index (χ0v) is 4.29. The molecule has 0 spiro atoms. The summed E-state index contributed by atoms with van der Waals surface area (Å²) in [5, 5.41) is 8.06. The van der Waals surface area contributed by atoms with Crippen molar-refractivity contribution in [2.75, 3.05) is 13.2 Å². The maximum Gasteiger partial charge on any atom is 0.203 e. The molecule has 1 heterocycles. The van der Waals surface area contributed by atoms with Crippen LogP contribution in [0.15, 0.2) is 4.99 Å². The van der Waals surface area contributed by atoms with Gasteiger partial charge in [0.05, 0.1) is 12.6 Å². The molecule has 0 aliphatic carbocycles. The molecule has 0 fully saturated rings. The topological polar surface area (TPSA) is 45.4 Å². The second kappa shape index (κ2) is 2.31. The van der Waals surface area contributed by atoms with Crippen LogP contribution < -0.4 is 0 Å². The first-order valence-corrected chi connectivity index (χ1v) is 2.33. The van der Waals surface area contributed by atoms with Crippen LogP contribution in [0.3, 0.4) is 0 Å². The zero-order valence-electron chi connectivity index (χ0n) is 4.29. The Balaban J connectivity index is 2.36. The van der Waals surface area contributed by atoms with Gasteiger partial charge in [-0.05, 0) is 0 Å². The minimum absolute atomic E-state index is 0.465. The molecule has 0 bridgehead atoms. The summed E-state index contributed by atoms with van der Waals surface area (Å²) in [6.45, 7) is 1.31. The third-order valence-electron chi connectivity index (χ3n) is 0.797. The van der Waals surface area contributed by atoms with Crippen molar-refractivity contribution in [1.82, 2.24) is 0 Å². The summed E-state index contributed by atoms with van der Waals surface area (Å²) in [5.41, 5.74) is 0. The molecular weight excluding hydrogens is 104 g/mol. The third-order valence-corrected chi connectivity index (χ3v) is 0.797. The Morgan fingerprint density at radius 3 is 3.25 bits per heavy atom. The van der Waals surface area contributed by atoms with Gasteiger partial charge in [-0.25, -0.2) is 0 Å². The largest absolute Gasteiger partial charge is 0.478 e. The third kappa shape index (κ3) is 0.969. The van der Waals surface area contributed by atoms with Crippen LogP contribution in [0.1, 0.15) is 0 Å². The first kappa shape index (κ1) is 5.10. The van der Waals surface area contributed by atoms with E-state index >= 15 is 0 Å². The molecule has 0 amide bonds. The molecule has 1 aliphatic rings. The highest BCUT2D eigenvalue weighted by molar-refractivity contribution is 5.88. The van der Waals surface area contributed by atoms with Crippen LogP contribution in [0.2, 0.25) is 0 Å². The van der Waals surface area contributed by atoms with Crippen LogP contribution in [0, 0.1) is 17.8 Å². The molecule has 3 heteroatoms. The molecule has 0 aromatic rings. The van der Waals surface area contributed by atoms with E-state index in [1.165, 1.54) is 6.42 Å². The smallest absolute Gasteiger partial charge is 0.203 e. The Bertz CT molecular complexity index is 145. The van der Waals surface area contributed by atoms with Gasteiger partial charge in [0.15, 0.2) is 0 Å². The number of nitrogens with zero attached hydrogens (tertiary/aromatic N) is 2. The fourth-order valence-electron chi connectivity index (χ4n) is 0.494. The molecule has 8 heavy (non-hydrogen) atoms. The average Bonchev–Trinajstić information content (AvgIpc) is 2.19. The fraction of sp³-hybridized carbons (Fsp3) is 0.400. The predicted molar refractivity (Wildman–Crippen MR) is 28.2 cm³/mol. The molecular formula is C5H5N2O. The minimum Gasteiger partial charge on any atom is -0.478 e. The lowest BCUT2D eigenvalue weighted by Crippen LogP contribution is -1.96. The number of rotatable bonds is 1. The average molecular weight is 109 g/mol. The van der Waals surface area contributed by atoms with Crippen LogP contribution >= 0.6 is 0 Å². The highest BCUT2D eigenvalue weighted by Crippen LogP contribution is 1.94. The normalized spacial score (nSPS) is 16.6. The molecule has 1 aliphatic heterocycles. The van der Waals surface area contributed by atoms with Crippen LogP contribution in [-0.4, -0.2) is 19.0 Å². The Hall–Kier alpha value is -1.04. The summed E-state index contributed by atoms with van der Waals surface area (Å²) in [7, 11) is 0. The highest BCUT2D eigenvalue weighted by atomic mass is 16.5. The van der Waals surface area contributed by atoms with Gasteiger partial charge in [-0.2, -0.15) is 5.26 Å². The van der Waals surface area contributed by atoms with Gasteiger partial charge in [0.1, 0.15) is 13.0 Å². The van der Waals surface area contributed by atoms with E-state index < -0.39 is 0 Å². The molecule has 1 radical (unpaired) electrons. The lowest BCUT2D eigenvalue weighted by atomic mass is 10.5. The van der Waals surface area contributed by atoms with E-state index in [0.29, 0.717) is 19.0 Å². The lowest BCUT2D eigenvalue weighted by Gasteiger charge is -1.89. The monoisotopic (exact) mass is 109 g/mol. The van der Waals surface area contributed by atoms with Crippen molar-refractivity contribution in [3.63, 3.8) is 0 Å². The zero-order chi connectivity index (χ0) is 5.82. The predicted octanol–water partition coefficient (Wildman–Crippen LogP) is 0.143. The first-order valence-electron chi connectivity index (χ1n) is 2.33. The molecule has 0 saturated heterocycles. The Morgan fingerprint density at radius 2 is 2.75 bits per heavy atom. The molecule has 0 aromatic carbocycles. The van der Waals surface area contributed by atoms with Gasteiger partial charge < -0.3 is 4.74 Å². The Morgan fingerprint density at radius 1 is 1.88 bits per heavy atom. The van der Waals surface area contributed by atoms with Gasteiger partial charge in [0.2, 0.25) is 5.90 Å². The molecule has 0 N–H and O–H groups in total. The molecule has 1 rings (SSSR count). The Kier molecular flexibility index (Phi) is 1.48. The lowest BCUT2D eigenvalue weighted by molar-refractivity contribution is 0.348. The van der Waals surface area contributed by atoms with E-state index in [-0.39, 0.29) is 0 Å². The van der Waals surface area contributed by atoms with Crippen LogP contribution in [0.4, 0.5) is 0 Å². The van der Waals surface area contributed by atoms with E-state index in [4.69, 9.17) is 10.00 Å². The van der Waals surface area contributed by atoms with Crippen molar-refractivity contribution in [2.45, 2.75) is 0 Å². The number of ether oxygens (including phenoxy) is 1. The SMILES string of the molecule is N#C[CH]C1=NCCO1. The van der Waals surface area contributed by atoms with Crippen LogP contribution in [0.25, 0.3) is 0 Å². The van der Waals surface area contributed by atoms with Gasteiger partial charge in [-0.3, -0.25) is 4.99 Å². The number of hydrogen-bond donors (Lipinski definition) is 0. The number of hydrogen-bond acceptors (Lipinski definition) is 3. The maximum atomic E-state index is 8.06. The van der Waals surface area contributed by atoms with Crippen molar-refractivity contribution in [3.05, 3.63) is 6.42 Å². The van der Waals surface area contributed by atoms with E-state index in [1.54, 1.807) is 0 Å². The van der Waals surface area contributed by atoms with Crippen molar-refractivity contribution in [1.29, 1.82) is 5.26 Å². The number of nitriles is 1.